The van der Waals surface area contributed by atoms with Crippen molar-refractivity contribution in [2.24, 2.45) is 5.41 Å². The van der Waals surface area contributed by atoms with Crippen molar-refractivity contribution < 1.29 is 4.79 Å². The van der Waals surface area contributed by atoms with E-state index in [4.69, 9.17) is 0 Å². The molecule has 1 heterocycles. The average Bonchev–Trinajstić information content (AvgIpc) is 2.82. The Morgan fingerprint density at radius 3 is 2.78 bits per heavy atom. The Morgan fingerprint density at radius 2 is 2.22 bits per heavy atom. The van der Waals surface area contributed by atoms with Gasteiger partial charge < -0.3 is 5.32 Å². The van der Waals surface area contributed by atoms with Crippen LogP contribution in [0.2, 0.25) is 0 Å². The van der Waals surface area contributed by atoms with Crippen LogP contribution in [0.25, 0.3) is 0 Å². The molecule has 0 spiro atoms. The summed E-state index contributed by atoms with van der Waals surface area (Å²) >= 11 is 5.04. The van der Waals surface area contributed by atoms with Gasteiger partial charge in [0.1, 0.15) is 5.41 Å². The average molecular weight is 327 g/mol. The fourth-order valence-electron chi connectivity index (χ4n) is 2.33. The first-order chi connectivity index (χ1) is 8.68. The number of nitrogens with zero attached hydrogens (tertiary/aromatic N) is 1. The third-order valence-corrected chi connectivity index (χ3v) is 5.38. The second-order valence-corrected chi connectivity index (χ2v) is 6.48. The van der Waals surface area contributed by atoms with Crippen LogP contribution in [0.5, 0.6) is 0 Å². The summed E-state index contributed by atoms with van der Waals surface area (Å²) in [4.78, 5) is 13.3. The molecule has 2 rings (SSSR count). The summed E-state index contributed by atoms with van der Waals surface area (Å²) in [6.45, 7) is 0.501. The van der Waals surface area contributed by atoms with Crippen molar-refractivity contribution in [3.8, 4) is 6.07 Å². The molecule has 96 valence electrons. The van der Waals surface area contributed by atoms with E-state index in [0.29, 0.717) is 19.4 Å². The summed E-state index contributed by atoms with van der Waals surface area (Å²) in [5, 5.41) is 14.2. The Bertz CT molecular complexity index is 472. The predicted molar refractivity (Wildman–Crippen MR) is 75.0 cm³/mol. The fraction of sp³-hybridized carbons (Fsp3) is 0.538. The second kappa shape index (κ2) is 5.85. The number of carbonyl (C=O) groups excluding carboxylic acids is 1. The van der Waals surface area contributed by atoms with Crippen molar-refractivity contribution in [2.75, 3.05) is 0 Å². The molecular formula is C13H15BrN2OS. The molecule has 1 aromatic rings. The van der Waals surface area contributed by atoms with Gasteiger partial charge in [-0.25, -0.2) is 0 Å². The maximum absolute atomic E-state index is 12.2. The molecule has 0 radical (unpaired) electrons. The van der Waals surface area contributed by atoms with E-state index in [9.17, 15) is 10.1 Å². The van der Waals surface area contributed by atoms with E-state index in [2.05, 4.69) is 27.3 Å². The topological polar surface area (TPSA) is 52.9 Å². The summed E-state index contributed by atoms with van der Waals surface area (Å²) in [5.41, 5.74) is -0.790. The van der Waals surface area contributed by atoms with Gasteiger partial charge in [0, 0.05) is 9.35 Å². The number of halogens is 1. The van der Waals surface area contributed by atoms with Gasteiger partial charge in [0.25, 0.3) is 0 Å². The van der Waals surface area contributed by atoms with Crippen molar-refractivity contribution >= 4 is 33.2 Å². The van der Waals surface area contributed by atoms with Gasteiger partial charge in [0.05, 0.1) is 12.6 Å². The Morgan fingerprint density at radius 1 is 1.50 bits per heavy atom. The van der Waals surface area contributed by atoms with Crippen LogP contribution in [0.15, 0.2) is 15.9 Å². The van der Waals surface area contributed by atoms with Gasteiger partial charge in [-0.1, -0.05) is 19.3 Å². The monoisotopic (exact) mass is 326 g/mol. The van der Waals surface area contributed by atoms with Crippen molar-refractivity contribution in [3.05, 3.63) is 20.8 Å². The second-order valence-electron chi connectivity index (χ2n) is 4.63. The lowest BCUT2D eigenvalue weighted by atomic mass is 9.74. The van der Waals surface area contributed by atoms with Gasteiger partial charge in [-0.2, -0.15) is 5.26 Å². The number of hydrogen-bond donors (Lipinski definition) is 1. The van der Waals surface area contributed by atoms with Crippen LogP contribution in [-0.2, 0) is 11.3 Å². The molecule has 1 N–H and O–H groups in total. The standard InChI is InChI=1S/C13H15BrN2OS/c14-10-4-7-18-11(10)8-16-12(17)13(9-15)5-2-1-3-6-13/h4,7H,1-3,5-6,8H2,(H,16,17). The molecule has 0 atom stereocenters. The molecule has 0 aromatic carbocycles. The fourth-order valence-corrected chi connectivity index (χ4v) is 3.76. The van der Waals surface area contributed by atoms with E-state index >= 15 is 0 Å². The summed E-state index contributed by atoms with van der Waals surface area (Å²) in [6.07, 6.45) is 4.47. The van der Waals surface area contributed by atoms with E-state index in [1.807, 2.05) is 11.4 Å². The van der Waals surface area contributed by atoms with Gasteiger partial charge in [-0.3, -0.25) is 4.79 Å². The molecule has 1 amide bonds. The predicted octanol–water partition coefficient (Wildman–Crippen LogP) is 3.60. The molecule has 18 heavy (non-hydrogen) atoms. The van der Waals surface area contributed by atoms with Crippen LogP contribution in [0, 0.1) is 16.7 Å². The molecule has 0 unspecified atom stereocenters. The van der Waals surface area contributed by atoms with Crippen molar-refractivity contribution in [2.45, 2.75) is 38.6 Å². The molecule has 3 nitrogen and oxygen atoms in total. The van der Waals surface area contributed by atoms with Gasteiger partial charge in [0.2, 0.25) is 5.91 Å². The van der Waals surface area contributed by atoms with E-state index in [1.165, 1.54) is 0 Å². The van der Waals surface area contributed by atoms with Gasteiger partial charge in [-0.15, -0.1) is 11.3 Å². The van der Waals surface area contributed by atoms with Crippen LogP contribution >= 0.6 is 27.3 Å². The normalized spacial score (nSPS) is 18.0. The minimum absolute atomic E-state index is 0.106. The highest BCUT2D eigenvalue weighted by molar-refractivity contribution is 9.10. The zero-order valence-electron chi connectivity index (χ0n) is 10.0. The van der Waals surface area contributed by atoms with Crippen LogP contribution in [-0.4, -0.2) is 5.91 Å². The summed E-state index contributed by atoms with van der Waals surface area (Å²) < 4.78 is 1.02. The highest BCUT2D eigenvalue weighted by atomic mass is 79.9. The molecule has 5 heteroatoms. The lowest BCUT2D eigenvalue weighted by Crippen LogP contribution is -2.41. The number of rotatable bonds is 3. The Balaban J connectivity index is 1.99. The zero-order chi connectivity index (χ0) is 13.0. The largest absolute Gasteiger partial charge is 0.350 e. The quantitative estimate of drug-likeness (QED) is 0.922. The molecular weight excluding hydrogens is 312 g/mol. The van der Waals surface area contributed by atoms with E-state index in [1.54, 1.807) is 11.3 Å². The molecule has 0 aliphatic heterocycles. The van der Waals surface area contributed by atoms with Gasteiger partial charge >= 0.3 is 0 Å². The van der Waals surface area contributed by atoms with Crippen LogP contribution in [0.1, 0.15) is 37.0 Å². The lowest BCUT2D eigenvalue weighted by molar-refractivity contribution is -0.129. The Hall–Kier alpha value is -0.860. The van der Waals surface area contributed by atoms with Gasteiger partial charge in [0.15, 0.2) is 0 Å². The minimum Gasteiger partial charge on any atom is -0.350 e. The molecule has 0 bridgehead atoms. The van der Waals surface area contributed by atoms with E-state index in [0.717, 1.165) is 28.6 Å². The first-order valence-electron chi connectivity index (χ1n) is 6.09. The summed E-state index contributed by atoms with van der Waals surface area (Å²) in [7, 11) is 0. The Kier molecular flexibility index (Phi) is 4.41. The molecule has 1 aliphatic rings. The number of amides is 1. The molecule has 0 saturated heterocycles. The van der Waals surface area contributed by atoms with Gasteiger partial charge in [-0.05, 0) is 40.2 Å². The van der Waals surface area contributed by atoms with E-state index < -0.39 is 5.41 Å². The SMILES string of the molecule is N#CC1(C(=O)NCc2sccc2Br)CCCCC1. The van der Waals surface area contributed by atoms with Crippen LogP contribution < -0.4 is 5.32 Å². The summed E-state index contributed by atoms with van der Waals surface area (Å²) in [6, 6.07) is 4.21. The van der Waals surface area contributed by atoms with Crippen LogP contribution in [0.4, 0.5) is 0 Å². The molecule has 1 aliphatic carbocycles. The highest BCUT2D eigenvalue weighted by Gasteiger charge is 2.39. The maximum atomic E-state index is 12.2. The van der Waals surface area contributed by atoms with E-state index in [-0.39, 0.29) is 5.91 Å². The van der Waals surface area contributed by atoms with Crippen molar-refractivity contribution in [1.82, 2.24) is 5.32 Å². The first kappa shape index (κ1) is 13.6. The number of nitriles is 1. The number of nitrogens with one attached hydrogen (secondary N) is 1. The van der Waals surface area contributed by atoms with Crippen molar-refractivity contribution in [1.29, 1.82) is 5.26 Å². The smallest absolute Gasteiger partial charge is 0.240 e. The summed E-state index contributed by atoms with van der Waals surface area (Å²) in [5.74, 6) is -0.106. The van der Waals surface area contributed by atoms with Crippen LogP contribution in [0.3, 0.4) is 0 Å². The maximum Gasteiger partial charge on any atom is 0.240 e. The third-order valence-electron chi connectivity index (χ3n) is 3.46. The zero-order valence-corrected chi connectivity index (χ0v) is 12.4. The number of carbonyl (C=O) groups is 1. The highest BCUT2D eigenvalue weighted by Crippen LogP contribution is 2.36. The number of hydrogen-bond acceptors (Lipinski definition) is 3. The first-order valence-corrected chi connectivity index (χ1v) is 7.77. The lowest BCUT2D eigenvalue weighted by Gasteiger charge is -2.29. The molecule has 1 aromatic heterocycles. The Labute approximate surface area is 119 Å². The van der Waals surface area contributed by atoms with Crippen molar-refractivity contribution in [3.63, 3.8) is 0 Å². The molecule has 1 saturated carbocycles. The molecule has 1 fully saturated rings. The minimum atomic E-state index is -0.790. The third kappa shape index (κ3) is 2.76. The number of thiophene rings is 1.